The predicted octanol–water partition coefficient (Wildman–Crippen LogP) is 1.40. The molecule has 0 saturated carbocycles. The number of benzene rings is 1. The fourth-order valence-electron chi connectivity index (χ4n) is 1.23. The molecule has 1 aromatic rings. The lowest BCUT2D eigenvalue weighted by Crippen LogP contribution is -2.13. The van der Waals surface area contributed by atoms with E-state index >= 15 is 0 Å². The number of aliphatic hydroxyl groups excluding tert-OH is 1. The summed E-state index contributed by atoms with van der Waals surface area (Å²) >= 11 is 0. The molecule has 1 fully saturated rings. The number of ether oxygens (including phenoxy) is 1. The molecule has 4 heteroatoms. The van der Waals surface area contributed by atoms with Gasteiger partial charge in [-0.1, -0.05) is 25.1 Å². The Balaban J connectivity index is 0.000000165. The van der Waals surface area contributed by atoms with Crippen LogP contribution in [0.3, 0.4) is 0 Å². The summed E-state index contributed by atoms with van der Waals surface area (Å²) < 4.78 is 4.92. The fourth-order valence-corrected chi connectivity index (χ4v) is 1.23. The van der Waals surface area contributed by atoms with Crippen molar-refractivity contribution >= 4 is 5.97 Å². The lowest BCUT2D eigenvalue weighted by Gasteiger charge is -2.00. The van der Waals surface area contributed by atoms with Crippen molar-refractivity contribution < 1.29 is 19.7 Å². The number of hydrogen-bond donors (Lipinski definition) is 2. The van der Waals surface area contributed by atoms with Crippen molar-refractivity contribution in [3.05, 3.63) is 35.9 Å². The average Bonchev–Trinajstić information content (AvgIpc) is 2.65. The SMILES string of the molecule is CC1COCC1O.O=C(O)c1ccccc1. The van der Waals surface area contributed by atoms with Crippen LogP contribution in [0.15, 0.2) is 30.3 Å². The third kappa shape index (κ3) is 4.00. The van der Waals surface area contributed by atoms with Gasteiger partial charge in [0.25, 0.3) is 0 Å². The van der Waals surface area contributed by atoms with Gasteiger partial charge in [0.2, 0.25) is 0 Å². The van der Waals surface area contributed by atoms with E-state index in [0.717, 1.165) is 6.61 Å². The minimum Gasteiger partial charge on any atom is -0.478 e. The standard InChI is InChI=1S/C7H6O2.C5H10O2/c8-7(9)6-4-2-1-3-5-6;1-4-2-7-3-5(4)6/h1-5H,(H,8,9);4-6H,2-3H2,1H3. The van der Waals surface area contributed by atoms with Crippen LogP contribution < -0.4 is 0 Å². The van der Waals surface area contributed by atoms with Gasteiger partial charge in [-0.2, -0.15) is 0 Å². The van der Waals surface area contributed by atoms with Crippen molar-refractivity contribution in [1.82, 2.24) is 0 Å². The van der Waals surface area contributed by atoms with E-state index in [0.29, 0.717) is 18.1 Å². The fraction of sp³-hybridized carbons (Fsp3) is 0.417. The second-order valence-corrected chi connectivity index (χ2v) is 3.75. The molecule has 4 nitrogen and oxygen atoms in total. The quantitative estimate of drug-likeness (QED) is 0.756. The Bertz CT molecular complexity index is 315. The summed E-state index contributed by atoms with van der Waals surface area (Å²) in [5.41, 5.74) is 0.331. The maximum Gasteiger partial charge on any atom is 0.335 e. The van der Waals surface area contributed by atoms with Crippen LogP contribution >= 0.6 is 0 Å². The first-order valence-corrected chi connectivity index (χ1v) is 5.15. The monoisotopic (exact) mass is 224 g/mol. The first-order valence-electron chi connectivity index (χ1n) is 5.15. The Hall–Kier alpha value is -1.39. The summed E-state index contributed by atoms with van der Waals surface area (Å²) in [5, 5.41) is 17.3. The third-order valence-corrected chi connectivity index (χ3v) is 2.35. The van der Waals surface area contributed by atoms with Gasteiger partial charge >= 0.3 is 5.97 Å². The van der Waals surface area contributed by atoms with Crippen LogP contribution in [0.25, 0.3) is 0 Å². The molecule has 0 amide bonds. The zero-order chi connectivity index (χ0) is 12.0. The van der Waals surface area contributed by atoms with Gasteiger partial charge in [-0.15, -0.1) is 0 Å². The van der Waals surface area contributed by atoms with Crippen LogP contribution in [0.4, 0.5) is 0 Å². The summed E-state index contributed by atoms with van der Waals surface area (Å²) in [5.74, 6) is -0.532. The molecule has 1 heterocycles. The van der Waals surface area contributed by atoms with Crippen LogP contribution in [0.2, 0.25) is 0 Å². The molecular formula is C12H16O4. The van der Waals surface area contributed by atoms with Gasteiger partial charge in [0.15, 0.2) is 0 Å². The summed E-state index contributed by atoms with van der Waals surface area (Å²) in [6, 6.07) is 8.30. The van der Waals surface area contributed by atoms with E-state index in [1.54, 1.807) is 30.3 Å². The maximum atomic E-state index is 10.2. The molecule has 0 radical (unpaired) electrons. The van der Waals surface area contributed by atoms with E-state index < -0.39 is 5.97 Å². The molecular weight excluding hydrogens is 208 g/mol. The van der Waals surface area contributed by atoms with Crippen molar-refractivity contribution in [3.8, 4) is 0 Å². The van der Waals surface area contributed by atoms with Crippen molar-refractivity contribution in [2.24, 2.45) is 5.92 Å². The Morgan fingerprint density at radius 3 is 2.19 bits per heavy atom. The highest BCUT2D eigenvalue weighted by atomic mass is 16.5. The minimum absolute atomic E-state index is 0.208. The highest BCUT2D eigenvalue weighted by molar-refractivity contribution is 5.87. The Morgan fingerprint density at radius 1 is 1.31 bits per heavy atom. The van der Waals surface area contributed by atoms with Crippen molar-refractivity contribution in [2.45, 2.75) is 13.0 Å². The Labute approximate surface area is 94.5 Å². The molecule has 2 rings (SSSR count). The van der Waals surface area contributed by atoms with Gasteiger partial charge in [0, 0.05) is 5.92 Å². The van der Waals surface area contributed by atoms with Crippen LogP contribution in [0.5, 0.6) is 0 Å². The molecule has 0 aromatic heterocycles. The normalized spacial score (nSPS) is 23.4. The van der Waals surface area contributed by atoms with E-state index in [2.05, 4.69) is 0 Å². The van der Waals surface area contributed by atoms with Gasteiger partial charge in [-0.3, -0.25) is 0 Å². The van der Waals surface area contributed by atoms with Gasteiger partial charge in [0.05, 0.1) is 24.9 Å². The Kier molecular flexibility index (Phi) is 4.95. The lowest BCUT2D eigenvalue weighted by molar-refractivity contribution is 0.0697. The van der Waals surface area contributed by atoms with Crippen LogP contribution in [-0.2, 0) is 4.74 Å². The van der Waals surface area contributed by atoms with Crippen molar-refractivity contribution in [3.63, 3.8) is 0 Å². The smallest absolute Gasteiger partial charge is 0.335 e. The zero-order valence-electron chi connectivity index (χ0n) is 9.17. The molecule has 1 saturated heterocycles. The predicted molar refractivity (Wildman–Crippen MR) is 59.4 cm³/mol. The maximum absolute atomic E-state index is 10.2. The largest absolute Gasteiger partial charge is 0.478 e. The van der Waals surface area contributed by atoms with Crippen LogP contribution in [0.1, 0.15) is 17.3 Å². The molecule has 2 unspecified atom stereocenters. The number of carboxylic acids is 1. The topological polar surface area (TPSA) is 66.8 Å². The van der Waals surface area contributed by atoms with Gasteiger partial charge in [-0.25, -0.2) is 4.79 Å². The molecule has 88 valence electrons. The summed E-state index contributed by atoms with van der Waals surface area (Å²) in [4.78, 5) is 10.2. The van der Waals surface area contributed by atoms with Crippen molar-refractivity contribution in [2.75, 3.05) is 13.2 Å². The molecule has 2 atom stereocenters. The summed E-state index contributed by atoms with van der Waals surface area (Å²) in [6.07, 6.45) is -0.208. The highest BCUT2D eigenvalue weighted by Gasteiger charge is 2.20. The lowest BCUT2D eigenvalue weighted by atomic mass is 10.1. The van der Waals surface area contributed by atoms with E-state index in [1.165, 1.54) is 0 Å². The number of carbonyl (C=O) groups is 1. The minimum atomic E-state index is -0.879. The second-order valence-electron chi connectivity index (χ2n) is 3.75. The number of aliphatic hydroxyl groups is 1. The van der Waals surface area contributed by atoms with Crippen LogP contribution in [0, 0.1) is 5.92 Å². The van der Waals surface area contributed by atoms with Gasteiger partial charge in [0.1, 0.15) is 0 Å². The number of rotatable bonds is 1. The molecule has 1 aliphatic heterocycles. The molecule has 1 aliphatic rings. The van der Waals surface area contributed by atoms with E-state index in [-0.39, 0.29) is 6.10 Å². The molecule has 0 bridgehead atoms. The second kappa shape index (κ2) is 6.25. The van der Waals surface area contributed by atoms with Crippen LogP contribution in [-0.4, -0.2) is 35.5 Å². The average molecular weight is 224 g/mol. The van der Waals surface area contributed by atoms with E-state index in [9.17, 15) is 4.79 Å². The molecule has 0 spiro atoms. The van der Waals surface area contributed by atoms with Crippen molar-refractivity contribution in [1.29, 1.82) is 0 Å². The third-order valence-electron chi connectivity index (χ3n) is 2.35. The highest BCUT2D eigenvalue weighted by Crippen LogP contribution is 2.10. The summed E-state index contributed by atoms with van der Waals surface area (Å²) in [7, 11) is 0. The number of hydrogen-bond acceptors (Lipinski definition) is 3. The molecule has 16 heavy (non-hydrogen) atoms. The molecule has 1 aromatic carbocycles. The van der Waals surface area contributed by atoms with Gasteiger partial charge in [-0.05, 0) is 12.1 Å². The van der Waals surface area contributed by atoms with E-state index in [1.807, 2.05) is 6.92 Å². The summed E-state index contributed by atoms with van der Waals surface area (Å²) in [6.45, 7) is 3.24. The molecule has 2 N–H and O–H groups in total. The van der Waals surface area contributed by atoms with E-state index in [4.69, 9.17) is 14.9 Å². The zero-order valence-corrected chi connectivity index (χ0v) is 9.17. The van der Waals surface area contributed by atoms with Gasteiger partial charge < -0.3 is 14.9 Å². The number of carboxylic acid groups (broad SMARTS) is 1. The number of aromatic carboxylic acids is 1. The Morgan fingerprint density at radius 2 is 1.94 bits per heavy atom. The first kappa shape index (κ1) is 12.7. The molecule has 0 aliphatic carbocycles. The first-order chi connectivity index (χ1) is 7.61.